The monoisotopic (exact) mass is 369 g/mol. The highest BCUT2D eigenvalue weighted by atomic mass is 32.2. The van der Waals surface area contributed by atoms with Crippen LogP contribution in [0.1, 0.15) is 29.7 Å². The Bertz CT molecular complexity index is 806. The molecule has 0 fully saturated rings. The molecule has 0 saturated heterocycles. The summed E-state index contributed by atoms with van der Waals surface area (Å²) in [5, 5.41) is 11.9. The van der Waals surface area contributed by atoms with E-state index in [-0.39, 0.29) is 11.2 Å². The Morgan fingerprint density at radius 2 is 1.76 bits per heavy atom. The number of carbonyl (C=O) groups excluding carboxylic acids is 1. The Morgan fingerprint density at radius 1 is 1.08 bits per heavy atom. The lowest BCUT2D eigenvalue weighted by Gasteiger charge is -2.08. The van der Waals surface area contributed by atoms with E-state index in [1.54, 1.807) is 11.8 Å². The minimum atomic E-state index is -0.0346. The maximum atomic E-state index is 12.1. The average molecular weight is 370 g/mol. The lowest BCUT2D eigenvalue weighted by Crippen LogP contribution is -2.12. The van der Waals surface area contributed by atoms with Gasteiger partial charge in [-0.05, 0) is 24.5 Å². The zero-order chi connectivity index (χ0) is 17.5. The van der Waals surface area contributed by atoms with E-state index in [0.717, 1.165) is 16.3 Å². The molecule has 4 nitrogen and oxygen atoms in total. The van der Waals surface area contributed by atoms with Crippen LogP contribution < -0.4 is 5.32 Å². The molecule has 0 aliphatic carbocycles. The molecule has 1 N–H and O–H groups in total. The molecular formula is C19H19N3OS2. The van der Waals surface area contributed by atoms with Crippen LogP contribution in [0.15, 0.2) is 65.0 Å². The number of aryl methyl sites for hydroxylation is 1. The van der Waals surface area contributed by atoms with Gasteiger partial charge in [-0.15, -0.1) is 10.2 Å². The van der Waals surface area contributed by atoms with E-state index in [1.807, 2.05) is 48.5 Å². The quantitative estimate of drug-likeness (QED) is 0.472. The first kappa shape index (κ1) is 17.6. The van der Waals surface area contributed by atoms with E-state index < -0.39 is 0 Å². The van der Waals surface area contributed by atoms with Crippen LogP contribution in [0.5, 0.6) is 0 Å². The van der Waals surface area contributed by atoms with Crippen molar-refractivity contribution in [1.29, 1.82) is 0 Å². The minimum absolute atomic E-state index is 0.0346. The summed E-state index contributed by atoms with van der Waals surface area (Å²) in [5.74, 6) is -0.0346. The van der Waals surface area contributed by atoms with Gasteiger partial charge in [0.15, 0.2) is 4.34 Å². The Balaban J connectivity index is 1.50. The third-order valence-electron chi connectivity index (χ3n) is 3.68. The number of hydrogen-bond acceptors (Lipinski definition) is 5. The number of amides is 1. The topological polar surface area (TPSA) is 54.9 Å². The molecular weight excluding hydrogens is 350 g/mol. The Hall–Kier alpha value is -2.18. The van der Waals surface area contributed by atoms with Crippen molar-refractivity contribution in [3.8, 4) is 0 Å². The van der Waals surface area contributed by atoms with Gasteiger partial charge in [0.05, 0.1) is 0 Å². The van der Waals surface area contributed by atoms with Crippen LogP contribution in [0.3, 0.4) is 0 Å². The number of carbonyl (C=O) groups is 1. The SMILES string of the molecule is C[C@H](Sc1nnc(NC(=O)CCc2ccccc2)s1)c1ccccc1. The summed E-state index contributed by atoms with van der Waals surface area (Å²) in [4.78, 5) is 12.1. The largest absolute Gasteiger partial charge is 0.300 e. The van der Waals surface area contributed by atoms with Crippen LogP contribution in [0.4, 0.5) is 5.13 Å². The average Bonchev–Trinajstić information content (AvgIpc) is 3.08. The molecule has 1 amide bonds. The van der Waals surface area contributed by atoms with Crippen molar-refractivity contribution >= 4 is 34.1 Å². The Morgan fingerprint density at radius 3 is 2.48 bits per heavy atom. The van der Waals surface area contributed by atoms with Crippen LogP contribution in [-0.2, 0) is 11.2 Å². The maximum absolute atomic E-state index is 12.1. The molecule has 0 spiro atoms. The van der Waals surface area contributed by atoms with Crippen molar-refractivity contribution in [3.05, 3.63) is 71.8 Å². The van der Waals surface area contributed by atoms with Crippen molar-refractivity contribution in [2.45, 2.75) is 29.4 Å². The number of benzene rings is 2. The van der Waals surface area contributed by atoms with Gasteiger partial charge in [-0.25, -0.2) is 0 Å². The first-order chi connectivity index (χ1) is 12.2. The van der Waals surface area contributed by atoms with Crippen molar-refractivity contribution in [1.82, 2.24) is 10.2 Å². The molecule has 128 valence electrons. The van der Waals surface area contributed by atoms with E-state index >= 15 is 0 Å². The molecule has 25 heavy (non-hydrogen) atoms. The second kappa shape index (κ2) is 8.78. The van der Waals surface area contributed by atoms with Gasteiger partial charge >= 0.3 is 0 Å². The fraction of sp³-hybridized carbons (Fsp3) is 0.211. The second-order valence-electron chi connectivity index (χ2n) is 5.58. The van der Waals surface area contributed by atoms with Gasteiger partial charge in [0, 0.05) is 11.7 Å². The molecule has 0 aliphatic heterocycles. The summed E-state index contributed by atoms with van der Waals surface area (Å²) >= 11 is 3.06. The van der Waals surface area contributed by atoms with E-state index in [1.165, 1.54) is 16.9 Å². The van der Waals surface area contributed by atoms with Crippen molar-refractivity contribution in [2.24, 2.45) is 0 Å². The molecule has 1 heterocycles. The molecule has 0 unspecified atom stereocenters. The van der Waals surface area contributed by atoms with E-state index in [4.69, 9.17) is 0 Å². The highest BCUT2D eigenvalue weighted by molar-refractivity contribution is 8.01. The van der Waals surface area contributed by atoms with Gasteiger partial charge in [-0.1, -0.05) is 83.8 Å². The van der Waals surface area contributed by atoms with Crippen molar-refractivity contribution in [2.75, 3.05) is 5.32 Å². The smallest absolute Gasteiger partial charge is 0.226 e. The summed E-state index contributed by atoms with van der Waals surface area (Å²) in [6.07, 6.45) is 1.16. The second-order valence-corrected chi connectivity index (χ2v) is 8.14. The van der Waals surface area contributed by atoms with Crippen LogP contribution in [0.2, 0.25) is 0 Å². The molecule has 1 atom stereocenters. The highest BCUT2D eigenvalue weighted by Crippen LogP contribution is 2.37. The summed E-state index contributed by atoms with van der Waals surface area (Å²) in [5.41, 5.74) is 2.40. The zero-order valence-corrected chi connectivity index (χ0v) is 15.5. The summed E-state index contributed by atoms with van der Waals surface area (Å²) in [6.45, 7) is 2.14. The molecule has 0 bridgehead atoms. The maximum Gasteiger partial charge on any atom is 0.226 e. The van der Waals surface area contributed by atoms with E-state index in [0.29, 0.717) is 11.6 Å². The van der Waals surface area contributed by atoms with Gasteiger partial charge in [0.2, 0.25) is 11.0 Å². The lowest BCUT2D eigenvalue weighted by molar-refractivity contribution is -0.116. The van der Waals surface area contributed by atoms with E-state index in [2.05, 4.69) is 34.6 Å². The number of thioether (sulfide) groups is 1. The van der Waals surface area contributed by atoms with Gasteiger partial charge in [-0.3, -0.25) is 4.79 Å². The number of nitrogens with one attached hydrogen (secondary N) is 1. The molecule has 0 saturated carbocycles. The minimum Gasteiger partial charge on any atom is -0.300 e. The fourth-order valence-electron chi connectivity index (χ4n) is 2.34. The summed E-state index contributed by atoms with van der Waals surface area (Å²) in [6, 6.07) is 20.3. The van der Waals surface area contributed by atoms with Crippen LogP contribution in [0, 0.1) is 0 Å². The molecule has 1 aromatic heterocycles. The number of nitrogens with zero attached hydrogens (tertiary/aromatic N) is 2. The zero-order valence-electron chi connectivity index (χ0n) is 13.9. The van der Waals surface area contributed by atoms with Gasteiger partial charge in [-0.2, -0.15) is 0 Å². The predicted molar refractivity (Wildman–Crippen MR) is 104 cm³/mol. The summed E-state index contributed by atoms with van der Waals surface area (Å²) < 4.78 is 0.856. The molecule has 0 aliphatic rings. The van der Waals surface area contributed by atoms with Crippen molar-refractivity contribution < 1.29 is 4.79 Å². The first-order valence-electron chi connectivity index (χ1n) is 8.09. The molecule has 6 heteroatoms. The number of rotatable bonds is 7. The predicted octanol–water partition coefficient (Wildman–Crippen LogP) is 4.96. The number of aromatic nitrogens is 2. The number of anilines is 1. The van der Waals surface area contributed by atoms with Gasteiger partial charge in [0.25, 0.3) is 0 Å². The third-order valence-corrected chi connectivity index (χ3v) is 5.76. The highest BCUT2D eigenvalue weighted by Gasteiger charge is 2.13. The van der Waals surface area contributed by atoms with Gasteiger partial charge in [0.1, 0.15) is 0 Å². The molecule has 3 rings (SSSR count). The van der Waals surface area contributed by atoms with Crippen LogP contribution in [-0.4, -0.2) is 16.1 Å². The van der Waals surface area contributed by atoms with Gasteiger partial charge < -0.3 is 5.32 Å². The van der Waals surface area contributed by atoms with Crippen LogP contribution >= 0.6 is 23.1 Å². The Labute approximate surface area is 155 Å². The first-order valence-corrected chi connectivity index (χ1v) is 9.79. The molecule has 3 aromatic rings. The van der Waals surface area contributed by atoms with Crippen LogP contribution in [0.25, 0.3) is 0 Å². The fourth-order valence-corrected chi connectivity index (χ4v) is 4.38. The molecule has 2 aromatic carbocycles. The van der Waals surface area contributed by atoms with Crippen molar-refractivity contribution in [3.63, 3.8) is 0 Å². The Kier molecular flexibility index (Phi) is 6.19. The normalized spacial score (nSPS) is 11.9. The molecule has 0 radical (unpaired) electrons. The van der Waals surface area contributed by atoms with E-state index in [9.17, 15) is 4.79 Å². The standard InChI is InChI=1S/C19H19N3OS2/c1-14(16-10-6-3-7-11-16)24-19-22-21-18(25-19)20-17(23)13-12-15-8-4-2-5-9-15/h2-11,14H,12-13H2,1H3,(H,20,21,23)/t14-/m0/s1. The number of hydrogen-bond donors (Lipinski definition) is 1. The third kappa shape index (κ3) is 5.41. The lowest BCUT2D eigenvalue weighted by atomic mass is 10.1. The summed E-state index contributed by atoms with van der Waals surface area (Å²) in [7, 11) is 0.